The number of rotatable bonds is 6. The lowest BCUT2D eigenvalue weighted by molar-refractivity contribution is 0.204. The van der Waals surface area contributed by atoms with Crippen LogP contribution in [0.2, 0.25) is 0 Å². The van der Waals surface area contributed by atoms with E-state index in [9.17, 15) is 4.39 Å². The molecule has 1 N–H and O–H groups in total. The summed E-state index contributed by atoms with van der Waals surface area (Å²) in [6, 6.07) is 5.35. The number of hydrogen-bond donors (Lipinski definition) is 1. The maximum atomic E-state index is 13.9. The molecule has 1 aromatic carbocycles. The second kappa shape index (κ2) is 5.47. The van der Waals surface area contributed by atoms with Crippen molar-refractivity contribution in [2.24, 2.45) is 0 Å². The molecule has 0 bridgehead atoms. The van der Waals surface area contributed by atoms with E-state index in [4.69, 9.17) is 9.84 Å². The highest BCUT2D eigenvalue weighted by atomic mass is 19.1. The number of ether oxygens (including phenoxy) is 1. The molecule has 0 heterocycles. The number of methoxy groups -OCH3 is 1. The molecule has 0 radical (unpaired) electrons. The van der Waals surface area contributed by atoms with Gasteiger partial charge in [-0.15, -0.1) is 0 Å². The summed E-state index contributed by atoms with van der Waals surface area (Å²) in [6.45, 7) is 1.17. The Morgan fingerprint density at radius 1 is 1.47 bits per heavy atom. The fraction of sp³-hybridized carbons (Fsp3) is 0.538. The first-order valence-corrected chi connectivity index (χ1v) is 5.91. The molecule has 0 unspecified atom stereocenters. The zero-order valence-electron chi connectivity index (χ0n) is 10.0. The van der Waals surface area contributed by atoms with Gasteiger partial charge < -0.3 is 14.7 Å². The molecular weight excluding hydrogens is 221 g/mol. The lowest BCUT2D eigenvalue weighted by Crippen LogP contribution is -2.30. The van der Waals surface area contributed by atoms with Crippen molar-refractivity contribution in [3.05, 3.63) is 29.6 Å². The topological polar surface area (TPSA) is 32.7 Å². The van der Waals surface area contributed by atoms with Crippen molar-refractivity contribution >= 4 is 5.69 Å². The van der Waals surface area contributed by atoms with Gasteiger partial charge in [-0.1, -0.05) is 6.07 Å². The first-order valence-electron chi connectivity index (χ1n) is 5.91. The van der Waals surface area contributed by atoms with E-state index in [0.29, 0.717) is 30.4 Å². The van der Waals surface area contributed by atoms with Crippen LogP contribution in [0.5, 0.6) is 0 Å². The van der Waals surface area contributed by atoms with Gasteiger partial charge in [0.25, 0.3) is 0 Å². The first-order chi connectivity index (χ1) is 8.26. The van der Waals surface area contributed by atoms with Gasteiger partial charge >= 0.3 is 0 Å². The minimum Gasteiger partial charge on any atom is -0.392 e. The average molecular weight is 239 g/mol. The Morgan fingerprint density at radius 3 is 2.76 bits per heavy atom. The molecule has 1 aromatic rings. The van der Waals surface area contributed by atoms with E-state index in [2.05, 4.69) is 4.90 Å². The molecule has 17 heavy (non-hydrogen) atoms. The fourth-order valence-electron chi connectivity index (χ4n) is 1.96. The molecule has 94 valence electrons. The second-order valence-corrected chi connectivity index (χ2v) is 4.36. The van der Waals surface area contributed by atoms with Gasteiger partial charge in [-0.05, 0) is 30.5 Å². The van der Waals surface area contributed by atoms with E-state index >= 15 is 0 Å². The molecule has 0 aromatic heterocycles. The van der Waals surface area contributed by atoms with E-state index in [0.717, 1.165) is 12.8 Å². The van der Waals surface area contributed by atoms with Crippen molar-refractivity contribution in [1.82, 2.24) is 0 Å². The highest BCUT2D eigenvalue weighted by Gasteiger charge is 2.30. The Labute approximate surface area is 101 Å². The largest absolute Gasteiger partial charge is 0.392 e. The number of hydrogen-bond acceptors (Lipinski definition) is 3. The lowest BCUT2D eigenvalue weighted by atomic mass is 10.2. The molecule has 0 aliphatic heterocycles. The van der Waals surface area contributed by atoms with E-state index in [1.165, 1.54) is 6.07 Å². The van der Waals surface area contributed by atoms with Gasteiger partial charge in [0.1, 0.15) is 5.82 Å². The molecule has 0 atom stereocenters. The van der Waals surface area contributed by atoms with Crippen LogP contribution in [0, 0.1) is 5.82 Å². The summed E-state index contributed by atoms with van der Waals surface area (Å²) in [5.41, 5.74) is 1.22. The average Bonchev–Trinajstić information content (AvgIpc) is 3.15. The van der Waals surface area contributed by atoms with Crippen LogP contribution in [0.4, 0.5) is 10.1 Å². The van der Waals surface area contributed by atoms with Crippen LogP contribution in [0.1, 0.15) is 18.4 Å². The van der Waals surface area contributed by atoms with Gasteiger partial charge in [0, 0.05) is 19.7 Å². The molecular formula is C13H18FNO2. The molecule has 1 fully saturated rings. The smallest absolute Gasteiger partial charge is 0.146 e. The van der Waals surface area contributed by atoms with E-state index in [1.807, 2.05) is 0 Å². The normalized spacial score (nSPS) is 15.0. The summed E-state index contributed by atoms with van der Waals surface area (Å²) < 4.78 is 19.0. The summed E-state index contributed by atoms with van der Waals surface area (Å²) in [5.74, 6) is -0.264. The molecule has 0 saturated heterocycles. The number of aliphatic hydroxyl groups is 1. The van der Waals surface area contributed by atoms with E-state index < -0.39 is 0 Å². The molecule has 0 spiro atoms. The number of benzene rings is 1. The maximum absolute atomic E-state index is 13.9. The van der Waals surface area contributed by atoms with Crippen molar-refractivity contribution < 1.29 is 14.2 Å². The number of nitrogens with zero attached hydrogens (tertiary/aromatic N) is 1. The number of aliphatic hydroxyl groups excluding tert-OH is 1. The number of halogens is 1. The zero-order chi connectivity index (χ0) is 12.3. The highest BCUT2D eigenvalue weighted by molar-refractivity contribution is 5.51. The Balaban J connectivity index is 2.16. The van der Waals surface area contributed by atoms with Crippen LogP contribution in [-0.4, -0.2) is 31.4 Å². The quantitative estimate of drug-likeness (QED) is 0.823. The van der Waals surface area contributed by atoms with Crippen molar-refractivity contribution in [2.75, 3.05) is 25.2 Å². The Kier molecular flexibility index (Phi) is 3.97. The standard InChI is InChI=1S/C13H18FNO2/c1-17-7-6-15(11-3-4-11)13-5-2-10(9-16)8-12(13)14/h2,5,8,11,16H,3-4,6-7,9H2,1H3. The molecule has 0 amide bonds. The van der Waals surface area contributed by atoms with Crippen LogP contribution >= 0.6 is 0 Å². The first kappa shape index (κ1) is 12.3. The third-order valence-corrected chi connectivity index (χ3v) is 3.03. The lowest BCUT2D eigenvalue weighted by Gasteiger charge is -2.25. The van der Waals surface area contributed by atoms with Crippen LogP contribution < -0.4 is 4.90 Å². The van der Waals surface area contributed by atoms with Gasteiger partial charge in [-0.3, -0.25) is 0 Å². The van der Waals surface area contributed by atoms with Gasteiger partial charge in [-0.2, -0.15) is 0 Å². The summed E-state index contributed by atoms with van der Waals surface area (Å²) in [5, 5.41) is 8.95. The Bertz CT molecular complexity index is 380. The monoisotopic (exact) mass is 239 g/mol. The van der Waals surface area contributed by atoms with Gasteiger partial charge in [-0.25, -0.2) is 4.39 Å². The predicted octanol–water partition coefficient (Wildman–Crippen LogP) is 1.93. The van der Waals surface area contributed by atoms with Crippen molar-refractivity contribution in [1.29, 1.82) is 0 Å². The van der Waals surface area contributed by atoms with Gasteiger partial charge in [0.05, 0.1) is 18.9 Å². The molecule has 2 rings (SSSR count). The Hall–Kier alpha value is -1.13. The second-order valence-electron chi connectivity index (χ2n) is 4.36. The molecule has 1 aliphatic rings. The van der Waals surface area contributed by atoms with Crippen LogP contribution in [0.3, 0.4) is 0 Å². The van der Waals surface area contributed by atoms with Crippen molar-refractivity contribution in [3.8, 4) is 0 Å². The third kappa shape index (κ3) is 2.96. The minimum absolute atomic E-state index is 0.126. The molecule has 1 saturated carbocycles. The summed E-state index contributed by atoms with van der Waals surface area (Å²) in [6.07, 6.45) is 2.23. The van der Waals surface area contributed by atoms with Gasteiger partial charge in [0.15, 0.2) is 0 Å². The van der Waals surface area contributed by atoms with Crippen molar-refractivity contribution in [3.63, 3.8) is 0 Å². The van der Waals surface area contributed by atoms with E-state index in [-0.39, 0.29) is 12.4 Å². The summed E-state index contributed by atoms with van der Waals surface area (Å²) >= 11 is 0. The van der Waals surface area contributed by atoms with Gasteiger partial charge in [0.2, 0.25) is 0 Å². The SMILES string of the molecule is COCCN(c1ccc(CO)cc1F)C1CC1. The summed E-state index contributed by atoms with van der Waals surface area (Å²) in [4.78, 5) is 2.06. The summed E-state index contributed by atoms with van der Waals surface area (Å²) in [7, 11) is 1.65. The molecule has 3 nitrogen and oxygen atoms in total. The predicted molar refractivity (Wildman–Crippen MR) is 64.6 cm³/mol. The highest BCUT2D eigenvalue weighted by Crippen LogP contribution is 2.33. The molecule has 1 aliphatic carbocycles. The fourth-order valence-corrected chi connectivity index (χ4v) is 1.96. The maximum Gasteiger partial charge on any atom is 0.146 e. The Morgan fingerprint density at radius 2 is 2.24 bits per heavy atom. The third-order valence-electron chi connectivity index (χ3n) is 3.03. The minimum atomic E-state index is -0.264. The van der Waals surface area contributed by atoms with E-state index in [1.54, 1.807) is 19.2 Å². The van der Waals surface area contributed by atoms with Crippen LogP contribution in [-0.2, 0) is 11.3 Å². The number of anilines is 1. The zero-order valence-corrected chi connectivity index (χ0v) is 10.0. The molecule has 4 heteroatoms. The van der Waals surface area contributed by atoms with Crippen molar-refractivity contribution in [2.45, 2.75) is 25.5 Å². The van der Waals surface area contributed by atoms with Crippen LogP contribution in [0.25, 0.3) is 0 Å². The van der Waals surface area contributed by atoms with Crippen LogP contribution in [0.15, 0.2) is 18.2 Å².